The summed E-state index contributed by atoms with van der Waals surface area (Å²) < 4.78 is 1.24. The Morgan fingerprint density at radius 3 is 2.92 bits per heavy atom. The first kappa shape index (κ1) is 8.42. The fourth-order valence-corrected chi connectivity index (χ4v) is 2.62. The molecule has 1 aromatic carbocycles. The maximum atomic E-state index is 5.86. The number of hydrogen-bond acceptors (Lipinski definition) is 2. The van der Waals surface area contributed by atoms with Crippen molar-refractivity contribution in [3.63, 3.8) is 0 Å². The van der Waals surface area contributed by atoms with E-state index in [0.29, 0.717) is 0 Å². The van der Waals surface area contributed by atoms with E-state index in [1.807, 2.05) is 18.2 Å². The van der Waals surface area contributed by atoms with Crippen molar-refractivity contribution < 1.29 is 0 Å². The number of thiophene rings is 1. The van der Waals surface area contributed by atoms with Crippen molar-refractivity contribution in [1.82, 2.24) is 0 Å². The largest absolute Gasteiger partial charge is 0.174 e. The van der Waals surface area contributed by atoms with Crippen molar-refractivity contribution in [3.8, 4) is 0 Å². The van der Waals surface area contributed by atoms with Gasteiger partial charge in [0.25, 0.3) is 0 Å². The van der Waals surface area contributed by atoms with E-state index in [-0.39, 0.29) is 0 Å². The van der Waals surface area contributed by atoms with E-state index < -0.39 is 0 Å². The van der Waals surface area contributed by atoms with E-state index in [2.05, 4.69) is 18.7 Å². The molecule has 0 bridgehead atoms. The van der Waals surface area contributed by atoms with Crippen molar-refractivity contribution >= 4 is 45.7 Å². The summed E-state index contributed by atoms with van der Waals surface area (Å²) in [6.07, 6.45) is 0. The fraction of sp³-hybridized carbons (Fsp3) is 0.111. The summed E-state index contributed by atoms with van der Waals surface area (Å²) in [4.78, 5) is 1.29. The maximum Gasteiger partial charge on any atom is 0.0420 e. The number of benzene rings is 1. The highest BCUT2D eigenvalue weighted by Gasteiger charge is 1.99. The Labute approximate surface area is 85.6 Å². The molecule has 0 radical (unpaired) electrons. The summed E-state index contributed by atoms with van der Waals surface area (Å²) in [7, 11) is 0. The molecule has 62 valence electrons. The first-order chi connectivity index (χ1) is 5.79. The van der Waals surface area contributed by atoms with Gasteiger partial charge in [-0.25, -0.2) is 0 Å². The van der Waals surface area contributed by atoms with Gasteiger partial charge in [-0.1, -0.05) is 17.7 Å². The van der Waals surface area contributed by atoms with Gasteiger partial charge in [0.15, 0.2) is 0 Å². The van der Waals surface area contributed by atoms with Crippen LogP contribution in [0.2, 0.25) is 5.02 Å². The van der Waals surface area contributed by atoms with Crippen molar-refractivity contribution in [1.29, 1.82) is 0 Å². The SMILES string of the molecule is SCc1cc2ccc(Cl)cc2s1. The highest BCUT2D eigenvalue weighted by Crippen LogP contribution is 2.28. The van der Waals surface area contributed by atoms with Crippen LogP contribution in [-0.2, 0) is 5.75 Å². The van der Waals surface area contributed by atoms with Crippen molar-refractivity contribution in [2.75, 3.05) is 0 Å². The van der Waals surface area contributed by atoms with Crippen molar-refractivity contribution in [2.45, 2.75) is 5.75 Å². The van der Waals surface area contributed by atoms with Crippen molar-refractivity contribution in [3.05, 3.63) is 34.2 Å². The fourth-order valence-electron chi connectivity index (χ4n) is 1.14. The van der Waals surface area contributed by atoms with E-state index in [1.54, 1.807) is 11.3 Å². The first-order valence-electron chi connectivity index (χ1n) is 3.58. The molecule has 0 amide bonds. The van der Waals surface area contributed by atoms with E-state index in [9.17, 15) is 0 Å². The Morgan fingerprint density at radius 1 is 1.33 bits per heavy atom. The summed E-state index contributed by atoms with van der Waals surface area (Å²) in [5.74, 6) is 0.803. The first-order valence-corrected chi connectivity index (χ1v) is 5.41. The van der Waals surface area contributed by atoms with E-state index in [1.165, 1.54) is 15.0 Å². The van der Waals surface area contributed by atoms with Crippen LogP contribution in [-0.4, -0.2) is 0 Å². The highest BCUT2D eigenvalue weighted by atomic mass is 35.5. The summed E-state index contributed by atoms with van der Waals surface area (Å²) in [6, 6.07) is 8.11. The molecule has 0 fully saturated rings. The Balaban J connectivity index is 2.67. The van der Waals surface area contributed by atoms with Gasteiger partial charge < -0.3 is 0 Å². The Hall–Kier alpha value is -0.180. The van der Waals surface area contributed by atoms with Crippen LogP contribution in [0.1, 0.15) is 4.88 Å². The molecule has 0 spiro atoms. The molecule has 3 heteroatoms. The van der Waals surface area contributed by atoms with Crippen LogP contribution >= 0.6 is 35.6 Å². The van der Waals surface area contributed by atoms with Crippen LogP contribution in [0.5, 0.6) is 0 Å². The minimum atomic E-state index is 0.801. The molecule has 0 atom stereocenters. The van der Waals surface area contributed by atoms with Crippen LogP contribution in [0, 0.1) is 0 Å². The lowest BCUT2D eigenvalue weighted by Gasteiger charge is -1.88. The zero-order valence-corrected chi connectivity index (χ0v) is 8.72. The average Bonchev–Trinajstić information content (AvgIpc) is 2.46. The van der Waals surface area contributed by atoms with Crippen LogP contribution in [0.25, 0.3) is 10.1 Å². The van der Waals surface area contributed by atoms with E-state index in [4.69, 9.17) is 11.6 Å². The van der Waals surface area contributed by atoms with Crippen molar-refractivity contribution in [2.24, 2.45) is 0 Å². The zero-order chi connectivity index (χ0) is 8.55. The topological polar surface area (TPSA) is 0 Å². The normalized spacial score (nSPS) is 10.8. The van der Waals surface area contributed by atoms with Crippen LogP contribution < -0.4 is 0 Å². The van der Waals surface area contributed by atoms with Gasteiger partial charge in [0, 0.05) is 20.4 Å². The third-order valence-electron chi connectivity index (χ3n) is 1.69. The lowest BCUT2D eigenvalue weighted by molar-refractivity contribution is 1.58. The molecular formula is C9H7ClS2. The van der Waals surface area contributed by atoms with Gasteiger partial charge in [-0.2, -0.15) is 12.6 Å². The number of halogens is 1. The van der Waals surface area contributed by atoms with Gasteiger partial charge in [0.05, 0.1) is 0 Å². The maximum absolute atomic E-state index is 5.86. The third kappa shape index (κ3) is 1.47. The monoisotopic (exact) mass is 214 g/mol. The minimum absolute atomic E-state index is 0.801. The van der Waals surface area contributed by atoms with Gasteiger partial charge in [-0.3, -0.25) is 0 Å². The zero-order valence-electron chi connectivity index (χ0n) is 6.25. The Kier molecular flexibility index (Phi) is 2.31. The third-order valence-corrected chi connectivity index (χ3v) is 3.58. The quantitative estimate of drug-likeness (QED) is 0.682. The molecular weight excluding hydrogens is 208 g/mol. The minimum Gasteiger partial charge on any atom is -0.174 e. The molecule has 0 saturated carbocycles. The molecule has 0 nitrogen and oxygen atoms in total. The van der Waals surface area contributed by atoms with Crippen LogP contribution in [0.4, 0.5) is 0 Å². The number of rotatable bonds is 1. The number of fused-ring (bicyclic) bond motifs is 1. The van der Waals surface area contributed by atoms with Gasteiger partial charge in [-0.05, 0) is 23.6 Å². The molecule has 0 aliphatic rings. The Morgan fingerprint density at radius 2 is 2.17 bits per heavy atom. The average molecular weight is 215 g/mol. The second-order valence-electron chi connectivity index (χ2n) is 2.55. The second-order valence-corrected chi connectivity index (χ2v) is 4.47. The van der Waals surface area contributed by atoms with E-state index >= 15 is 0 Å². The molecule has 0 aliphatic heterocycles. The number of hydrogen-bond donors (Lipinski definition) is 1. The summed E-state index contributed by atoms with van der Waals surface area (Å²) >= 11 is 11.8. The van der Waals surface area contributed by atoms with Gasteiger partial charge in [-0.15, -0.1) is 11.3 Å². The molecule has 0 unspecified atom stereocenters. The lowest BCUT2D eigenvalue weighted by Crippen LogP contribution is -1.62. The predicted molar refractivity (Wildman–Crippen MR) is 59.5 cm³/mol. The number of thiol groups is 1. The molecule has 0 aliphatic carbocycles. The summed E-state index contributed by atoms with van der Waals surface area (Å²) in [6.45, 7) is 0. The molecule has 0 saturated heterocycles. The molecule has 0 N–H and O–H groups in total. The molecule has 12 heavy (non-hydrogen) atoms. The molecule has 1 heterocycles. The predicted octanol–water partition coefficient (Wildman–Crippen LogP) is 3.98. The van der Waals surface area contributed by atoms with Gasteiger partial charge in [0.2, 0.25) is 0 Å². The standard InChI is InChI=1S/C9H7ClS2/c10-7-2-1-6-3-8(5-11)12-9(6)4-7/h1-4,11H,5H2. The summed E-state index contributed by atoms with van der Waals surface area (Å²) in [5, 5.41) is 2.06. The lowest BCUT2D eigenvalue weighted by atomic mass is 10.2. The second kappa shape index (κ2) is 3.29. The smallest absolute Gasteiger partial charge is 0.0420 e. The highest BCUT2D eigenvalue weighted by molar-refractivity contribution is 7.79. The molecule has 2 aromatic rings. The van der Waals surface area contributed by atoms with Gasteiger partial charge >= 0.3 is 0 Å². The van der Waals surface area contributed by atoms with Crippen LogP contribution in [0.15, 0.2) is 24.3 Å². The van der Waals surface area contributed by atoms with Crippen LogP contribution in [0.3, 0.4) is 0 Å². The molecule has 2 rings (SSSR count). The van der Waals surface area contributed by atoms with E-state index in [0.717, 1.165) is 10.8 Å². The molecule has 1 aromatic heterocycles. The Bertz CT molecular complexity index is 406. The van der Waals surface area contributed by atoms with Gasteiger partial charge in [0.1, 0.15) is 0 Å². The summed E-state index contributed by atoms with van der Waals surface area (Å²) in [5.41, 5.74) is 0.